The molecular formula is C49H58Cl6N8O9. The van der Waals surface area contributed by atoms with Gasteiger partial charge in [0.05, 0.1) is 47.1 Å². The number of anilines is 4. The fraction of sp³-hybridized carbons (Fsp3) is 0.388. The molecule has 0 spiro atoms. The Morgan fingerprint density at radius 3 is 2.22 bits per heavy atom. The molecule has 0 fully saturated rings. The Morgan fingerprint density at radius 2 is 1.64 bits per heavy atom. The van der Waals surface area contributed by atoms with Gasteiger partial charge in [-0.05, 0) is 114 Å². The predicted octanol–water partition coefficient (Wildman–Crippen LogP) is 12.4. The van der Waals surface area contributed by atoms with Gasteiger partial charge in [-0.2, -0.15) is 15.0 Å². The van der Waals surface area contributed by atoms with E-state index < -0.39 is 15.7 Å². The molecule has 0 saturated carbocycles. The second kappa shape index (κ2) is 29.3. The number of nitro groups is 1. The highest BCUT2D eigenvalue weighted by molar-refractivity contribution is 6.54. The van der Waals surface area contributed by atoms with Crippen molar-refractivity contribution >= 4 is 116 Å². The lowest BCUT2D eigenvalue weighted by molar-refractivity contribution is -0.385. The number of nitrogens with one attached hydrogen (secondary N) is 2. The van der Waals surface area contributed by atoms with Gasteiger partial charge in [-0.3, -0.25) is 19.7 Å². The molecule has 6 rings (SSSR count). The number of rotatable bonds is 14. The molecule has 2 amide bonds. The number of methoxy groups -OCH3 is 2. The Hall–Kier alpha value is -5.40. The second-order valence-corrected chi connectivity index (χ2v) is 19.1. The molecule has 17 nitrogen and oxygen atoms in total. The third-order valence-electron chi connectivity index (χ3n) is 9.77. The number of halogens is 6. The highest BCUT2D eigenvalue weighted by Crippen LogP contribution is 2.36. The average molecular weight is 1120 g/mol. The average Bonchev–Trinajstić information content (AvgIpc) is 3.32. The predicted molar refractivity (Wildman–Crippen MR) is 288 cm³/mol. The molecule has 2 heterocycles. The van der Waals surface area contributed by atoms with E-state index in [9.17, 15) is 24.5 Å². The molecule has 0 radical (unpaired) electrons. The minimum Gasteiger partial charge on any atom is -0.489 e. The lowest BCUT2D eigenvalue weighted by Crippen LogP contribution is -2.47. The van der Waals surface area contributed by atoms with Gasteiger partial charge in [-0.25, -0.2) is 4.79 Å². The van der Waals surface area contributed by atoms with E-state index in [1.807, 2.05) is 84.9 Å². The van der Waals surface area contributed by atoms with Crippen molar-refractivity contribution in [2.24, 2.45) is 0 Å². The van der Waals surface area contributed by atoms with Crippen LogP contribution in [-0.2, 0) is 25.5 Å². The van der Waals surface area contributed by atoms with E-state index in [0.29, 0.717) is 41.6 Å². The summed E-state index contributed by atoms with van der Waals surface area (Å²) in [5, 5.41) is 17.9. The Bertz CT molecular complexity index is 2630. The van der Waals surface area contributed by atoms with Crippen molar-refractivity contribution < 1.29 is 38.3 Å². The standard InChI is InChI=1S/C15H22ClNO2.C14H9Cl2NO5.C11H11Cl2NO2.C9H16ClN5/c1-5-13-8-6-7-11(2)15(13)17(14(18)9-16)12(3)10-19-4;1-21-14(18)10-7-9(3-4-12(10)17(19)20)22-13-5-2-8(15)6-11(13)16;1-7-6-16-9-5-3-2-4-8(9)14(7)11(15)10(12)13;1-5-11-7-12-6(10)13-8(14-7)15-9(2,3)4/h6-8,12H,5,9-10H2,1-4H3;2-7H,1H3;2-5,7,10H,6H2,1H3;5H2,1-4H3,(H2,11,12,13,14,15). The van der Waals surface area contributed by atoms with Crippen LogP contribution in [0.4, 0.5) is 29.0 Å². The maximum absolute atomic E-state index is 12.2. The van der Waals surface area contributed by atoms with Gasteiger partial charge in [0.1, 0.15) is 35.3 Å². The Balaban J connectivity index is 0.000000256. The van der Waals surface area contributed by atoms with Crippen molar-refractivity contribution in [1.29, 1.82) is 0 Å². The van der Waals surface area contributed by atoms with Crippen molar-refractivity contribution in [3.63, 3.8) is 0 Å². The summed E-state index contributed by atoms with van der Waals surface area (Å²) in [7, 11) is 2.77. The summed E-state index contributed by atoms with van der Waals surface area (Å²) in [5.41, 5.74) is 3.24. The Labute approximate surface area is 449 Å². The third kappa shape index (κ3) is 18.3. The van der Waals surface area contributed by atoms with Gasteiger partial charge in [-0.15, -0.1) is 11.6 Å². The van der Waals surface area contributed by atoms with Crippen molar-refractivity contribution in [1.82, 2.24) is 15.0 Å². The first-order chi connectivity index (χ1) is 34.0. The zero-order valence-corrected chi connectivity index (χ0v) is 45.9. The summed E-state index contributed by atoms with van der Waals surface area (Å²) < 4.78 is 20.7. The lowest BCUT2D eigenvalue weighted by atomic mass is 10.0. The van der Waals surface area contributed by atoms with Crippen LogP contribution < -0.4 is 29.9 Å². The van der Waals surface area contributed by atoms with E-state index in [2.05, 4.69) is 43.3 Å². The summed E-state index contributed by atoms with van der Waals surface area (Å²) in [6, 6.07) is 21.7. The van der Waals surface area contributed by atoms with Crippen molar-refractivity contribution in [2.45, 2.75) is 84.3 Å². The molecular weight excluding hydrogens is 1060 g/mol. The minimum absolute atomic E-state index is 0.0223. The van der Waals surface area contributed by atoms with Gasteiger partial charge in [0, 0.05) is 36.3 Å². The molecule has 1 aromatic heterocycles. The van der Waals surface area contributed by atoms with Gasteiger partial charge in [-0.1, -0.05) is 83.7 Å². The molecule has 72 heavy (non-hydrogen) atoms. The number of fused-ring (bicyclic) bond motifs is 1. The molecule has 2 atom stereocenters. The lowest BCUT2D eigenvalue weighted by Gasteiger charge is -2.35. The Morgan fingerprint density at radius 1 is 0.958 bits per heavy atom. The molecule has 23 heteroatoms. The van der Waals surface area contributed by atoms with E-state index in [1.54, 1.807) is 29.0 Å². The van der Waals surface area contributed by atoms with Crippen LogP contribution in [0, 0.1) is 17.0 Å². The molecule has 1 aliphatic heterocycles. The summed E-state index contributed by atoms with van der Waals surface area (Å²) in [5.74, 6) is 0.906. The number of amides is 2. The minimum atomic E-state index is -1.05. The smallest absolute Gasteiger partial charge is 0.345 e. The number of hydrogen-bond acceptors (Lipinski definition) is 14. The summed E-state index contributed by atoms with van der Waals surface area (Å²) in [4.78, 5) is 60.4. The van der Waals surface area contributed by atoms with E-state index in [-0.39, 0.29) is 62.6 Å². The number of carbonyl (C=O) groups excluding carboxylic acids is 3. The first kappa shape index (κ1) is 60.9. The topological polar surface area (TPSA) is 200 Å². The van der Waals surface area contributed by atoms with Crippen LogP contribution in [0.5, 0.6) is 17.2 Å². The van der Waals surface area contributed by atoms with Crippen LogP contribution in [0.3, 0.4) is 0 Å². The normalized spacial score (nSPS) is 13.0. The van der Waals surface area contributed by atoms with Crippen LogP contribution in [0.15, 0.2) is 78.9 Å². The number of para-hydroxylation sites is 3. The number of ether oxygens (including phenoxy) is 4. The first-order valence-electron chi connectivity index (χ1n) is 22.2. The number of benzene rings is 4. The highest BCUT2D eigenvalue weighted by Gasteiger charge is 2.32. The number of alkyl halides is 3. The molecule has 5 aromatic rings. The SMILES string of the molecule is CC1COc2ccccc2N1C(=O)C(Cl)Cl.CCNc1nc(Cl)nc(NC(C)(C)C)n1.CCc1cccc(C)c1N(C(=O)CCl)C(C)COC.COC(=O)c1cc(Oc2ccc(Cl)cc2Cl)ccc1[N+](=O)[O-]. The van der Waals surface area contributed by atoms with Gasteiger partial charge in [0.25, 0.3) is 11.6 Å². The number of aryl methyl sites for hydroxylation is 2. The van der Waals surface area contributed by atoms with Crippen LogP contribution >= 0.6 is 69.6 Å². The van der Waals surface area contributed by atoms with Gasteiger partial charge >= 0.3 is 5.97 Å². The number of aromatic nitrogens is 3. The van der Waals surface area contributed by atoms with Crippen LogP contribution in [0.1, 0.15) is 70.0 Å². The molecule has 0 bridgehead atoms. The van der Waals surface area contributed by atoms with E-state index in [1.165, 1.54) is 18.2 Å². The summed E-state index contributed by atoms with van der Waals surface area (Å²) in [6.45, 7) is 17.7. The van der Waals surface area contributed by atoms with Crippen molar-refractivity contribution in [2.75, 3.05) is 60.3 Å². The number of nitro benzene ring substituents is 1. The summed E-state index contributed by atoms with van der Waals surface area (Å²) in [6.07, 6.45) is 0.878. The van der Waals surface area contributed by atoms with Gasteiger partial charge < -0.3 is 39.4 Å². The maximum atomic E-state index is 12.2. The zero-order chi connectivity index (χ0) is 53.9. The van der Waals surface area contributed by atoms with Crippen LogP contribution in [0.25, 0.3) is 0 Å². The monoisotopic (exact) mass is 1110 g/mol. The quantitative estimate of drug-likeness (QED) is 0.0460. The number of carbonyl (C=O) groups is 3. The van der Waals surface area contributed by atoms with Crippen molar-refractivity contribution in [3.8, 4) is 17.2 Å². The van der Waals surface area contributed by atoms with Gasteiger partial charge in [0.15, 0.2) is 4.84 Å². The van der Waals surface area contributed by atoms with E-state index in [0.717, 1.165) is 48.6 Å². The molecule has 2 unspecified atom stereocenters. The molecule has 2 N–H and O–H groups in total. The number of hydrogen-bond donors (Lipinski definition) is 2. The molecule has 0 saturated heterocycles. The zero-order valence-electron chi connectivity index (χ0n) is 41.4. The van der Waals surface area contributed by atoms with E-state index in [4.69, 9.17) is 83.8 Å². The summed E-state index contributed by atoms with van der Waals surface area (Å²) >= 11 is 34.5. The molecule has 390 valence electrons. The highest BCUT2D eigenvalue weighted by atomic mass is 35.5. The van der Waals surface area contributed by atoms with Gasteiger partial charge in [0.2, 0.25) is 23.1 Å². The fourth-order valence-corrected chi connectivity index (χ4v) is 7.68. The van der Waals surface area contributed by atoms with Crippen LogP contribution in [0.2, 0.25) is 15.3 Å². The van der Waals surface area contributed by atoms with Crippen molar-refractivity contribution in [3.05, 3.63) is 121 Å². The molecule has 0 aliphatic carbocycles. The number of nitrogens with zero attached hydrogens (tertiary/aromatic N) is 6. The second-order valence-electron chi connectivity index (χ2n) is 16.5. The molecule has 1 aliphatic rings. The third-order valence-corrected chi connectivity index (χ3v) is 11.1. The maximum Gasteiger partial charge on any atom is 0.345 e. The van der Waals surface area contributed by atoms with Crippen LogP contribution in [-0.4, -0.2) is 100.0 Å². The first-order valence-corrected chi connectivity index (χ1v) is 24.8. The number of esters is 1. The van der Waals surface area contributed by atoms with E-state index >= 15 is 0 Å². The molecule has 4 aromatic carbocycles. The fourth-order valence-electron chi connectivity index (χ4n) is 6.74. The largest absolute Gasteiger partial charge is 0.489 e. The Kier molecular flexibility index (Phi) is 24.8.